The van der Waals surface area contributed by atoms with Crippen LogP contribution in [0.4, 0.5) is 5.69 Å². The van der Waals surface area contributed by atoms with Gasteiger partial charge in [0.05, 0.1) is 5.69 Å². The van der Waals surface area contributed by atoms with Crippen molar-refractivity contribution in [1.29, 1.82) is 0 Å². The Labute approximate surface area is 124 Å². The lowest BCUT2D eigenvalue weighted by Gasteiger charge is -2.20. The van der Waals surface area contributed by atoms with Crippen molar-refractivity contribution in [3.63, 3.8) is 0 Å². The molecule has 0 aliphatic rings. The number of nitrogen functional groups attached to an aromatic ring is 1. The number of rotatable bonds is 3. The van der Waals surface area contributed by atoms with Gasteiger partial charge >= 0.3 is 5.97 Å². The number of anilines is 1. The number of carbonyl (C=O) groups excluding carboxylic acids is 1. The summed E-state index contributed by atoms with van der Waals surface area (Å²) in [6.07, 6.45) is 1.16. The molecule has 0 aromatic carbocycles. The topological polar surface area (TPSA) is 86.5 Å². The fraction of sp³-hybridized carbons (Fsp3) is 0.615. The Hall–Kier alpha value is -1.08. The van der Waals surface area contributed by atoms with Gasteiger partial charge in [0.1, 0.15) is 15.2 Å². The van der Waals surface area contributed by atoms with Gasteiger partial charge in [-0.2, -0.15) is 0 Å². The molecule has 0 amide bonds. The zero-order valence-corrected chi connectivity index (χ0v) is 14.2. The molecule has 0 spiro atoms. The second kappa shape index (κ2) is 5.04. The number of sulfone groups is 1. The maximum Gasteiger partial charge on any atom is 0.350 e. The highest BCUT2D eigenvalue weighted by Crippen LogP contribution is 2.38. The highest BCUT2D eigenvalue weighted by Gasteiger charge is 2.35. The van der Waals surface area contributed by atoms with Crippen LogP contribution in [0.5, 0.6) is 0 Å². The van der Waals surface area contributed by atoms with Crippen molar-refractivity contribution in [2.45, 2.75) is 45.0 Å². The summed E-state index contributed by atoms with van der Waals surface area (Å²) >= 11 is 1.06. The molecule has 1 heterocycles. The molecule has 20 heavy (non-hydrogen) atoms. The number of nitrogens with two attached hydrogens (primary N) is 1. The average Bonchev–Trinajstić information content (AvgIpc) is 2.56. The minimum absolute atomic E-state index is 0.242. The molecule has 1 rings (SSSR count). The van der Waals surface area contributed by atoms with Crippen molar-refractivity contribution in [3.05, 3.63) is 15.8 Å². The highest BCUT2D eigenvalue weighted by atomic mass is 32.2. The van der Waals surface area contributed by atoms with E-state index in [-0.39, 0.29) is 10.6 Å². The summed E-state index contributed by atoms with van der Waals surface area (Å²) in [6, 6.07) is 1.53. The Morgan fingerprint density at radius 3 is 2.15 bits per heavy atom. The number of esters is 1. The fourth-order valence-electron chi connectivity index (χ4n) is 1.37. The maximum atomic E-state index is 12.0. The lowest BCUT2D eigenvalue weighted by atomic mass is 10.1. The Bertz CT molecular complexity index is 621. The van der Waals surface area contributed by atoms with Gasteiger partial charge in [0.25, 0.3) is 0 Å². The molecule has 5 nitrogen and oxygen atoms in total. The van der Waals surface area contributed by atoms with Crippen LogP contribution in [0, 0.1) is 0 Å². The third-order valence-corrected chi connectivity index (χ3v) is 6.52. The SMILES string of the molecule is CC(C)(C)OC(=O)c1sc(C(C)(C)S(C)(=O)=O)cc1N. The molecule has 0 bridgehead atoms. The van der Waals surface area contributed by atoms with E-state index in [1.807, 2.05) is 0 Å². The summed E-state index contributed by atoms with van der Waals surface area (Å²) in [5.41, 5.74) is 5.44. The van der Waals surface area contributed by atoms with Gasteiger partial charge in [-0.05, 0) is 40.7 Å². The average molecular weight is 319 g/mol. The van der Waals surface area contributed by atoms with Crippen LogP contribution in [-0.2, 0) is 19.3 Å². The predicted octanol–water partition coefficient (Wildman–Crippen LogP) is 2.57. The zero-order valence-electron chi connectivity index (χ0n) is 12.6. The quantitative estimate of drug-likeness (QED) is 0.865. The lowest BCUT2D eigenvalue weighted by Crippen LogP contribution is -2.26. The summed E-state index contributed by atoms with van der Waals surface area (Å²) in [6.45, 7) is 8.46. The van der Waals surface area contributed by atoms with E-state index in [1.54, 1.807) is 34.6 Å². The smallest absolute Gasteiger partial charge is 0.350 e. The van der Waals surface area contributed by atoms with E-state index in [2.05, 4.69) is 0 Å². The molecule has 2 N–H and O–H groups in total. The summed E-state index contributed by atoms with van der Waals surface area (Å²) < 4.78 is 27.8. The van der Waals surface area contributed by atoms with Crippen molar-refractivity contribution in [3.8, 4) is 0 Å². The standard InChI is InChI=1S/C13H21NO4S2/c1-12(2,3)18-11(15)10-8(14)7-9(19-10)13(4,5)20(6,16)17/h7H,14H2,1-6H3. The largest absolute Gasteiger partial charge is 0.456 e. The minimum Gasteiger partial charge on any atom is -0.456 e. The number of thiophene rings is 1. The van der Waals surface area contributed by atoms with Crippen LogP contribution in [0.25, 0.3) is 0 Å². The van der Waals surface area contributed by atoms with E-state index in [9.17, 15) is 13.2 Å². The van der Waals surface area contributed by atoms with Crippen LogP contribution in [0.2, 0.25) is 0 Å². The van der Waals surface area contributed by atoms with Crippen LogP contribution in [0.15, 0.2) is 6.07 Å². The van der Waals surface area contributed by atoms with Crippen LogP contribution >= 0.6 is 11.3 Å². The first kappa shape index (κ1) is 17.0. The molecule has 1 aromatic rings. The first-order chi connectivity index (χ1) is 8.75. The van der Waals surface area contributed by atoms with Gasteiger partial charge in [0.15, 0.2) is 9.84 Å². The van der Waals surface area contributed by atoms with Crippen molar-refractivity contribution in [1.82, 2.24) is 0 Å². The van der Waals surface area contributed by atoms with E-state index in [1.165, 1.54) is 6.07 Å². The summed E-state index contributed by atoms with van der Waals surface area (Å²) in [7, 11) is -3.32. The molecular formula is C13H21NO4S2. The van der Waals surface area contributed by atoms with Crippen molar-refractivity contribution >= 4 is 32.8 Å². The van der Waals surface area contributed by atoms with Gasteiger partial charge in [0.2, 0.25) is 0 Å². The number of hydrogen-bond acceptors (Lipinski definition) is 6. The van der Waals surface area contributed by atoms with Gasteiger partial charge in [-0.25, -0.2) is 13.2 Å². The number of hydrogen-bond donors (Lipinski definition) is 1. The molecule has 0 aliphatic heterocycles. The molecule has 0 fully saturated rings. The first-order valence-electron chi connectivity index (χ1n) is 6.08. The molecule has 114 valence electrons. The predicted molar refractivity (Wildman–Crippen MR) is 81.8 cm³/mol. The number of ether oxygens (including phenoxy) is 1. The normalized spacial score (nSPS) is 13.3. The van der Waals surface area contributed by atoms with E-state index in [4.69, 9.17) is 10.5 Å². The van der Waals surface area contributed by atoms with Gasteiger partial charge in [-0.3, -0.25) is 0 Å². The monoisotopic (exact) mass is 319 g/mol. The van der Waals surface area contributed by atoms with Gasteiger partial charge in [-0.15, -0.1) is 11.3 Å². The Kier molecular flexibility index (Phi) is 4.27. The van der Waals surface area contributed by atoms with Crippen molar-refractivity contribution < 1.29 is 17.9 Å². The molecule has 0 saturated heterocycles. The summed E-state index contributed by atoms with van der Waals surface area (Å²) in [5.74, 6) is -0.532. The van der Waals surface area contributed by atoms with Crippen molar-refractivity contribution in [2.24, 2.45) is 0 Å². The van der Waals surface area contributed by atoms with E-state index in [0.717, 1.165) is 17.6 Å². The Morgan fingerprint density at radius 1 is 1.25 bits per heavy atom. The number of carbonyl (C=O) groups is 1. The lowest BCUT2D eigenvalue weighted by molar-refractivity contribution is 0.00764. The van der Waals surface area contributed by atoms with Crippen LogP contribution in [-0.4, -0.2) is 26.2 Å². The molecule has 7 heteroatoms. The van der Waals surface area contributed by atoms with Gasteiger partial charge in [-0.1, -0.05) is 0 Å². The highest BCUT2D eigenvalue weighted by molar-refractivity contribution is 7.91. The Morgan fingerprint density at radius 2 is 1.75 bits per heavy atom. The molecule has 1 aromatic heterocycles. The fourth-order valence-corrected chi connectivity index (χ4v) is 3.33. The molecule has 0 saturated carbocycles. The molecule has 0 radical (unpaired) electrons. The van der Waals surface area contributed by atoms with E-state index in [0.29, 0.717) is 4.88 Å². The zero-order chi connectivity index (χ0) is 15.9. The first-order valence-corrected chi connectivity index (χ1v) is 8.79. The molecule has 0 aliphatic carbocycles. The summed E-state index contributed by atoms with van der Waals surface area (Å²) in [5, 5.41) is 0. The van der Waals surface area contributed by atoms with E-state index < -0.39 is 26.2 Å². The van der Waals surface area contributed by atoms with Crippen LogP contribution in [0.1, 0.15) is 49.2 Å². The Balaban J connectivity index is 3.21. The minimum atomic E-state index is -3.32. The maximum absolute atomic E-state index is 12.0. The van der Waals surface area contributed by atoms with Crippen LogP contribution in [0.3, 0.4) is 0 Å². The van der Waals surface area contributed by atoms with Gasteiger partial charge in [0, 0.05) is 11.1 Å². The second-order valence-electron chi connectivity index (χ2n) is 6.18. The summed E-state index contributed by atoms with van der Waals surface area (Å²) in [4.78, 5) is 12.8. The van der Waals surface area contributed by atoms with Crippen LogP contribution < -0.4 is 5.73 Å². The third kappa shape index (κ3) is 3.52. The molecule has 0 atom stereocenters. The molecular weight excluding hydrogens is 298 g/mol. The molecule has 0 unspecified atom stereocenters. The van der Waals surface area contributed by atoms with Gasteiger partial charge < -0.3 is 10.5 Å². The second-order valence-corrected chi connectivity index (χ2v) is 9.80. The van der Waals surface area contributed by atoms with E-state index >= 15 is 0 Å². The van der Waals surface area contributed by atoms with Crippen molar-refractivity contribution in [2.75, 3.05) is 12.0 Å². The third-order valence-electron chi connectivity index (χ3n) is 2.87.